The molecule has 1 fully saturated rings. The lowest BCUT2D eigenvalue weighted by atomic mass is 9.95. The highest BCUT2D eigenvalue weighted by molar-refractivity contribution is 7.14. The van der Waals surface area contributed by atoms with E-state index in [1.54, 1.807) is 0 Å². The van der Waals surface area contributed by atoms with Gasteiger partial charge >= 0.3 is 0 Å². The second kappa shape index (κ2) is 6.23. The molecule has 0 radical (unpaired) electrons. The number of aliphatic hydroxyl groups excluding tert-OH is 1. The van der Waals surface area contributed by atoms with Gasteiger partial charge in [-0.2, -0.15) is 0 Å². The first-order valence-corrected chi connectivity index (χ1v) is 7.42. The van der Waals surface area contributed by atoms with Gasteiger partial charge in [0.15, 0.2) is 0 Å². The quantitative estimate of drug-likeness (QED) is 0.842. The summed E-state index contributed by atoms with van der Waals surface area (Å²) < 4.78 is 0. The summed E-state index contributed by atoms with van der Waals surface area (Å²) in [5, 5.41) is 8.65. The highest BCUT2D eigenvalue weighted by atomic mass is 32.1. The SMILES string of the molecule is CC(C)C1CCN(C(=O)c2ccc(C#CCO)s2)C1. The first-order valence-electron chi connectivity index (χ1n) is 6.60. The topological polar surface area (TPSA) is 40.5 Å². The van der Waals surface area contributed by atoms with E-state index in [2.05, 4.69) is 25.7 Å². The number of carbonyl (C=O) groups is 1. The van der Waals surface area contributed by atoms with E-state index in [4.69, 9.17) is 5.11 Å². The zero-order chi connectivity index (χ0) is 13.8. The molecule has 1 unspecified atom stereocenters. The Balaban J connectivity index is 2.02. The Morgan fingerprint density at radius 3 is 3.00 bits per heavy atom. The summed E-state index contributed by atoms with van der Waals surface area (Å²) in [6, 6.07) is 3.67. The van der Waals surface area contributed by atoms with Crippen molar-refractivity contribution in [1.29, 1.82) is 0 Å². The maximum atomic E-state index is 12.3. The lowest BCUT2D eigenvalue weighted by Gasteiger charge is -2.17. The Labute approximate surface area is 118 Å². The van der Waals surface area contributed by atoms with Gasteiger partial charge in [0.1, 0.15) is 6.61 Å². The molecule has 0 bridgehead atoms. The average Bonchev–Trinajstić information content (AvgIpc) is 3.04. The van der Waals surface area contributed by atoms with Gasteiger partial charge in [0.25, 0.3) is 5.91 Å². The third-order valence-corrected chi connectivity index (χ3v) is 4.55. The van der Waals surface area contributed by atoms with Crippen LogP contribution in [0.15, 0.2) is 12.1 Å². The summed E-state index contributed by atoms with van der Waals surface area (Å²) >= 11 is 1.40. The molecule has 0 spiro atoms. The Kier molecular flexibility index (Phi) is 4.62. The van der Waals surface area contributed by atoms with Crippen LogP contribution in [-0.2, 0) is 0 Å². The van der Waals surface area contributed by atoms with Crippen molar-refractivity contribution in [3.05, 3.63) is 21.9 Å². The number of thiophene rings is 1. The van der Waals surface area contributed by atoms with E-state index in [9.17, 15) is 4.79 Å². The van der Waals surface area contributed by atoms with Crippen molar-refractivity contribution >= 4 is 17.2 Å². The van der Waals surface area contributed by atoms with Gasteiger partial charge in [0.2, 0.25) is 0 Å². The maximum absolute atomic E-state index is 12.3. The summed E-state index contributed by atoms with van der Waals surface area (Å²) in [4.78, 5) is 15.9. The fourth-order valence-electron chi connectivity index (χ4n) is 2.32. The number of amides is 1. The Morgan fingerprint density at radius 1 is 1.58 bits per heavy atom. The smallest absolute Gasteiger partial charge is 0.263 e. The normalized spacial score (nSPS) is 18.5. The largest absolute Gasteiger partial charge is 0.384 e. The van der Waals surface area contributed by atoms with Crippen LogP contribution in [0.5, 0.6) is 0 Å². The predicted molar refractivity (Wildman–Crippen MR) is 77.1 cm³/mol. The van der Waals surface area contributed by atoms with E-state index in [-0.39, 0.29) is 12.5 Å². The van der Waals surface area contributed by atoms with Gasteiger partial charge in [-0.25, -0.2) is 0 Å². The molecule has 4 heteroatoms. The molecule has 2 heterocycles. The van der Waals surface area contributed by atoms with Crippen molar-refractivity contribution in [1.82, 2.24) is 4.90 Å². The minimum Gasteiger partial charge on any atom is -0.384 e. The molecule has 1 saturated heterocycles. The van der Waals surface area contributed by atoms with Crippen LogP contribution >= 0.6 is 11.3 Å². The Bertz CT molecular complexity index is 510. The Morgan fingerprint density at radius 2 is 2.37 bits per heavy atom. The van der Waals surface area contributed by atoms with E-state index < -0.39 is 0 Å². The molecule has 1 amide bonds. The second-order valence-electron chi connectivity index (χ2n) is 5.17. The molecule has 2 rings (SSSR count). The summed E-state index contributed by atoms with van der Waals surface area (Å²) in [6.45, 7) is 6.01. The highest BCUT2D eigenvalue weighted by Gasteiger charge is 2.29. The van der Waals surface area contributed by atoms with Crippen LogP contribution < -0.4 is 0 Å². The van der Waals surface area contributed by atoms with E-state index in [0.29, 0.717) is 11.8 Å². The van der Waals surface area contributed by atoms with Crippen LogP contribution in [0.4, 0.5) is 0 Å². The molecule has 1 aliphatic heterocycles. The zero-order valence-corrected chi connectivity index (χ0v) is 12.2. The van der Waals surface area contributed by atoms with Crippen LogP contribution in [0.1, 0.15) is 34.8 Å². The van der Waals surface area contributed by atoms with Crippen molar-refractivity contribution < 1.29 is 9.90 Å². The summed E-state index contributed by atoms with van der Waals surface area (Å²) in [5.41, 5.74) is 0. The molecule has 102 valence electrons. The molecule has 1 N–H and O–H groups in total. The van der Waals surface area contributed by atoms with Crippen molar-refractivity contribution in [3.8, 4) is 11.8 Å². The Hall–Kier alpha value is -1.31. The molecule has 1 atom stereocenters. The molecule has 0 aliphatic carbocycles. The van der Waals surface area contributed by atoms with Gasteiger partial charge < -0.3 is 10.0 Å². The van der Waals surface area contributed by atoms with E-state index in [1.807, 2.05) is 17.0 Å². The average molecular weight is 277 g/mol. The molecule has 1 aromatic heterocycles. The van der Waals surface area contributed by atoms with Crippen LogP contribution in [0, 0.1) is 23.7 Å². The molecule has 3 nitrogen and oxygen atoms in total. The number of hydrogen-bond donors (Lipinski definition) is 1. The summed E-state index contributed by atoms with van der Waals surface area (Å²) in [5.74, 6) is 6.80. The standard InChI is InChI=1S/C15H19NO2S/c1-11(2)12-7-8-16(10-12)15(18)14-6-5-13(19-14)4-3-9-17/h5-6,11-12,17H,7-10H2,1-2H3. The van der Waals surface area contributed by atoms with E-state index >= 15 is 0 Å². The molecular weight excluding hydrogens is 258 g/mol. The van der Waals surface area contributed by atoms with Gasteiger partial charge in [-0.3, -0.25) is 4.79 Å². The van der Waals surface area contributed by atoms with Gasteiger partial charge in [0, 0.05) is 13.1 Å². The maximum Gasteiger partial charge on any atom is 0.263 e. The molecule has 0 saturated carbocycles. The molecular formula is C15H19NO2S. The van der Waals surface area contributed by atoms with Crippen molar-refractivity contribution in [2.45, 2.75) is 20.3 Å². The number of rotatable bonds is 2. The monoisotopic (exact) mass is 277 g/mol. The minimum atomic E-state index is -0.149. The zero-order valence-electron chi connectivity index (χ0n) is 11.3. The van der Waals surface area contributed by atoms with Crippen LogP contribution in [0.25, 0.3) is 0 Å². The first-order chi connectivity index (χ1) is 9.11. The number of hydrogen-bond acceptors (Lipinski definition) is 3. The predicted octanol–water partition coefficient (Wildman–Crippen LogP) is 2.21. The summed E-state index contributed by atoms with van der Waals surface area (Å²) in [6.07, 6.45) is 1.10. The molecule has 19 heavy (non-hydrogen) atoms. The van der Waals surface area contributed by atoms with Crippen molar-refractivity contribution in [2.24, 2.45) is 11.8 Å². The lowest BCUT2D eigenvalue weighted by Crippen LogP contribution is -2.28. The third kappa shape index (κ3) is 3.37. The minimum absolute atomic E-state index is 0.116. The fourth-order valence-corrected chi connectivity index (χ4v) is 3.17. The first kappa shape index (κ1) is 14.1. The molecule has 1 aliphatic rings. The van der Waals surface area contributed by atoms with Crippen LogP contribution in [0.2, 0.25) is 0 Å². The molecule has 1 aromatic rings. The molecule has 0 aromatic carbocycles. The van der Waals surface area contributed by atoms with Crippen LogP contribution in [0.3, 0.4) is 0 Å². The van der Waals surface area contributed by atoms with Crippen molar-refractivity contribution in [2.75, 3.05) is 19.7 Å². The van der Waals surface area contributed by atoms with Crippen molar-refractivity contribution in [3.63, 3.8) is 0 Å². The number of aliphatic hydroxyl groups is 1. The highest BCUT2D eigenvalue weighted by Crippen LogP contribution is 2.26. The lowest BCUT2D eigenvalue weighted by molar-refractivity contribution is 0.0789. The number of likely N-dealkylation sites (tertiary alicyclic amines) is 1. The third-order valence-electron chi connectivity index (χ3n) is 3.56. The fraction of sp³-hybridized carbons (Fsp3) is 0.533. The summed E-state index contributed by atoms with van der Waals surface area (Å²) in [7, 11) is 0. The number of carbonyl (C=O) groups excluding carboxylic acids is 1. The van der Waals surface area contributed by atoms with Gasteiger partial charge in [-0.05, 0) is 30.4 Å². The van der Waals surface area contributed by atoms with Gasteiger partial charge in [0.05, 0.1) is 9.75 Å². The van der Waals surface area contributed by atoms with Gasteiger partial charge in [-0.1, -0.05) is 25.7 Å². The van der Waals surface area contributed by atoms with Gasteiger partial charge in [-0.15, -0.1) is 11.3 Å². The number of nitrogens with zero attached hydrogens (tertiary/aromatic N) is 1. The van der Waals surface area contributed by atoms with E-state index in [0.717, 1.165) is 29.3 Å². The van der Waals surface area contributed by atoms with Crippen LogP contribution in [-0.4, -0.2) is 35.6 Å². The second-order valence-corrected chi connectivity index (χ2v) is 6.25. The van der Waals surface area contributed by atoms with E-state index in [1.165, 1.54) is 11.3 Å².